The normalized spacial score (nSPS) is 17.4. The van der Waals surface area contributed by atoms with Gasteiger partial charge in [0, 0.05) is 4.90 Å². The van der Waals surface area contributed by atoms with Crippen LogP contribution in [0.4, 0.5) is 5.69 Å². The minimum atomic E-state index is -0.966. The molecule has 0 saturated heterocycles. The summed E-state index contributed by atoms with van der Waals surface area (Å²) in [6.07, 6.45) is 0.946. The molecule has 2 aromatic rings. The summed E-state index contributed by atoms with van der Waals surface area (Å²) in [6, 6.07) is 14.3. The van der Waals surface area contributed by atoms with Gasteiger partial charge in [0.1, 0.15) is 11.8 Å². The van der Waals surface area contributed by atoms with Crippen molar-refractivity contribution in [2.75, 3.05) is 12.0 Å². The Morgan fingerprint density at radius 1 is 1.18 bits per heavy atom. The molecule has 2 atom stereocenters. The van der Waals surface area contributed by atoms with Crippen LogP contribution < -0.4 is 9.64 Å². The minimum Gasteiger partial charge on any atom is -0.497 e. The van der Waals surface area contributed by atoms with Gasteiger partial charge in [0.05, 0.1) is 18.0 Å². The van der Waals surface area contributed by atoms with Crippen LogP contribution in [0, 0.1) is 5.92 Å². The summed E-state index contributed by atoms with van der Waals surface area (Å²) >= 11 is 1.51. The molecule has 0 spiro atoms. The van der Waals surface area contributed by atoms with Gasteiger partial charge in [-0.1, -0.05) is 38.1 Å². The molecule has 1 heterocycles. The van der Waals surface area contributed by atoms with E-state index in [0.29, 0.717) is 18.5 Å². The lowest BCUT2D eigenvalue weighted by Gasteiger charge is -2.37. The largest absolute Gasteiger partial charge is 0.497 e. The Morgan fingerprint density at radius 3 is 2.46 bits per heavy atom. The van der Waals surface area contributed by atoms with Crippen molar-refractivity contribution >= 4 is 29.3 Å². The van der Waals surface area contributed by atoms with Crippen LogP contribution in [0.15, 0.2) is 53.4 Å². The molecule has 3 rings (SSSR count). The van der Waals surface area contributed by atoms with Crippen molar-refractivity contribution in [1.82, 2.24) is 0 Å². The number of carbonyl (C=O) groups is 2. The maximum atomic E-state index is 13.4. The molecule has 6 heteroatoms. The maximum Gasteiger partial charge on any atom is 0.326 e. The van der Waals surface area contributed by atoms with Crippen LogP contribution in [-0.2, 0) is 16.0 Å². The molecule has 5 nitrogen and oxygen atoms in total. The van der Waals surface area contributed by atoms with Gasteiger partial charge in [-0.05, 0) is 48.6 Å². The predicted octanol–water partition coefficient (Wildman–Crippen LogP) is 4.24. The highest BCUT2D eigenvalue weighted by molar-refractivity contribution is 8.01. The molecular formula is C22H25NO4S. The smallest absolute Gasteiger partial charge is 0.326 e. The van der Waals surface area contributed by atoms with Gasteiger partial charge in [-0.15, -0.1) is 11.8 Å². The number of fused-ring (bicyclic) bond motifs is 1. The monoisotopic (exact) mass is 399 g/mol. The molecule has 0 fully saturated rings. The summed E-state index contributed by atoms with van der Waals surface area (Å²) in [5.41, 5.74) is 1.71. The molecule has 28 heavy (non-hydrogen) atoms. The number of thioether (sulfide) groups is 1. The number of amides is 1. The molecule has 0 radical (unpaired) electrons. The van der Waals surface area contributed by atoms with Crippen LogP contribution in [-0.4, -0.2) is 35.4 Å². The molecule has 1 N–H and O–H groups in total. The van der Waals surface area contributed by atoms with Gasteiger partial charge in [-0.2, -0.15) is 0 Å². The van der Waals surface area contributed by atoms with Crippen LogP contribution in [0.1, 0.15) is 25.8 Å². The summed E-state index contributed by atoms with van der Waals surface area (Å²) in [5, 5.41) is 9.47. The van der Waals surface area contributed by atoms with Gasteiger partial charge >= 0.3 is 5.97 Å². The number of anilines is 1. The zero-order valence-corrected chi connectivity index (χ0v) is 17.1. The van der Waals surface area contributed by atoms with E-state index < -0.39 is 12.0 Å². The van der Waals surface area contributed by atoms with E-state index in [2.05, 4.69) is 0 Å². The van der Waals surface area contributed by atoms with Crippen molar-refractivity contribution in [2.24, 2.45) is 5.92 Å². The summed E-state index contributed by atoms with van der Waals surface area (Å²) < 4.78 is 5.19. The van der Waals surface area contributed by atoms with E-state index in [1.165, 1.54) is 16.7 Å². The number of para-hydroxylation sites is 1. The Hall–Kier alpha value is -2.47. The van der Waals surface area contributed by atoms with E-state index in [4.69, 9.17) is 4.74 Å². The third-order valence-corrected chi connectivity index (χ3v) is 6.03. The van der Waals surface area contributed by atoms with Gasteiger partial charge in [0.25, 0.3) is 0 Å². The van der Waals surface area contributed by atoms with E-state index in [1.54, 1.807) is 7.11 Å². The highest BCUT2D eigenvalue weighted by atomic mass is 32.2. The molecule has 0 aliphatic carbocycles. The zero-order chi connectivity index (χ0) is 20.3. The molecule has 1 unspecified atom stereocenters. The fraction of sp³-hybridized carbons (Fsp3) is 0.364. The second-order valence-electron chi connectivity index (χ2n) is 7.32. The molecule has 1 aliphatic rings. The Kier molecular flexibility index (Phi) is 6.29. The van der Waals surface area contributed by atoms with E-state index in [0.717, 1.165) is 16.2 Å². The molecule has 148 valence electrons. The number of carboxylic acids is 1. The fourth-order valence-corrected chi connectivity index (χ4v) is 4.66. The zero-order valence-electron chi connectivity index (χ0n) is 16.3. The number of carbonyl (C=O) groups excluding carboxylic acids is 1. The Balaban J connectivity index is 1.94. The third-order valence-electron chi connectivity index (χ3n) is 4.78. The number of benzene rings is 2. The average molecular weight is 400 g/mol. The number of hydrogen-bond donors (Lipinski definition) is 1. The van der Waals surface area contributed by atoms with Crippen molar-refractivity contribution in [3.63, 3.8) is 0 Å². The van der Waals surface area contributed by atoms with Gasteiger partial charge in [-0.25, -0.2) is 4.79 Å². The highest BCUT2D eigenvalue weighted by Crippen LogP contribution is 2.42. The molecular weight excluding hydrogens is 374 g/mol. The molecule has 1 amide bonds. The quantitative estimate of drug-likeness (QED) is 0.754. The first-order valence-corrected chi connectivity index (χ1v) is 10.2. The first-order valence-electron chi connectivity index (χ1n) is 9.35. The van der Waals surface area contributed by atoms with E-state index >= 15 is 0 Å². The number of nitrogens with zero attached hydrogens (tertiary/aromatic N) is 1. The molecule has 0 saturated carbocycles. The third kappa shape index (κ3) is 4.33. The number of rotatable bonds is 7. The minimum absolute atomic E-state index is 0.146. The van der Waals surface area contributed by atoms with Crippen molar-refractivity contribution in [3.8, 4) is 5.75 Å². The summed E-state index contributed by atoms with van der Waals surface area (Å²) in [6.45, 7) is 3.94. The second-order valence-corrected chi connectivity index (χ2v) is 8.56. The van der Waals surface area contributed by atoms with Gasteiger partial charge in [0.15, 0.2) is 0 Å². The topological polar surface area (TPSA) is 66.8 Å². The first kappa shape index (κ1) is 20.3. The SMILES string of the molecule is COc1ccc(CC2Sc3ccccc3N([C@@H](CC(C)C)C(=O)O)C2=O)cc1. The second kappa shape index (κ2) is 8.69. The highest BCUT2D eigenvalue weighted by Gasteiger charge is 2.40. The lowest BCUT2D eigenvalue weighted by molar-refractivity contribution is -0.140. The van der Waals surface area contributed by atoms with Crippen LogP contribution in [0.2, 0.25) is 0 Å². The summed E-state index contributed by atoms with van der Waals surface area (Å²) in [7, 11) is 1.62. The van der Waals surface area contributed by atoms with Crippen molar-refractivity contribution in [1.29, 1.82) is 0 Å². The van der Waals surface area contributed by atoms with Crippen LogP contribution in [0.25, 0.3) is 0 Å². The number of hydrogen-bond acceptors (Lipinski definition) is 4. The Morgan fingerprint density at radius 2 is 1.86 bits per heavy atom. The van der Waals surface area contributed by atoms with Gasteiger partial charge in [0.2, 0.25) is 5.91 Å². The summed E-state index contributed by atoms with van der Waals surface area (Å²) in [5.74, 6) is -0.184. The molecule has 1 aliphatic heterocycles. The van der Waals surface area contributed by atoms with Crippen molar-refractivity contribution in [2.45, 2.75) is 42.9 Å². The average Bonchev–Trinajstić information content (AvgIpc) is 2.67. The number of ether oxygens (including phenoxy) is 1. The van der Waals surface area contributed by atoms with Gasteiger partial charge < -0.3 is 9.84 Å². The lowest BCUT2D eigenvalue weighted by Crippen LogP contribution is -2.51. The standard InChI is InChI=1S/C22H25NO4S/c1-14(2)12-18(22(25)26)23-17-6-4-5-7-19(17)28-20(21(23)24)13-15-8-10-16(27-3)11-9-15/h4-11,14,18,20H,12-13H2,1-3H3,(H,25,26)/t18-,20?/m0/s1. The van der Waals surface area contributed by atoms with Crippen molar-refractivity contribution < 1.29 is 19.4 Å². The summed E-state index contributed by atoms with van der Waals surface area (Å²) in [4.78, 5) is 27.8. The first-order chi connectivity index (χ1) is 13.4. The van der Waals surface area contributed by atoms with Crippen LogP contribution >= 0.6 is 11.8 Å². The molecule has 2 aromatic carbocycles. The van der Waals surface area contributed by atoms with Crippen LogP contribution in [0.3, 0.4) is 0 Å². The van der Waals surface area contributed by atoms with Gasteiger partial charge in [-0.3, -0.25) is 9.69 Å². The number of aliphatic carboxylic acids is 1. The Labute approximate surface area is 169 Å². The fourth-order valence-electron chi connectivity index (χ4n) is 3.42. The van der Waals surface area contributed by atoms with Crippen molar-refractivity contribution in [3.05, 3.63) is 54.1 Å². The van der Waals surface area contributed by atoms with E-state index in [9.17, 15) is 14.7 Å². The number of carboxylic acid groups (broad SMARTS) is 1. The molecule has 0 bridgehead atoms. The predicted molar refractivity (Wildman–Crippen MR) is 111 cm³/mol. The van der Waals surface area contributed by atoms with E-state index in [-0.39, 0.29) is 17.1 Å². The number of methoxy groups -OCH3 is 1. The molecule has 0 aromatic heterocycles. The van der Waals surface area contributed by atoms with Crippen LogP contribution in [0.5, 0.6) is 5.75 Å². The Bertz CT molecular complexity index is 850. The van der Waals surface area contributed by atoms with E-state index in [1.807, 2.05) is 62.4 Å². The maximum absolute atomic E-state index is 13.4. The lowest BCUT2D eigenvalue weighted by atomic mass is 10.00.